The van der Waals surface area contributed by atoms with E-state index in [0.29, 0.717) is 63.7 Å². The molecule has 8 nitrogen and oxygen atoms in total. The zero-order valence-corrected chi connectivity index (χ0v) is 13.5. The molecule has 0 aromatic heterocycles. The Morgan fingerprint density at radius 2 is 1.04 bits per heavy atom. The molecule has 24 heavy (non-hydrogen) atoms. The molecule has 2 amide bonds. The van der Waals surface area contributed by atoms with Crippen LogP contribution in [0.25, 0.3) is 0 Å². The third-order valence-electron chi connectivity index (χ3n) is 3.95. The monoisotopic (exact) mass is 334 g/mol. The Bertz CT molecular complexity index is 515. The lowest BCUT2D eigenvalue weighted by atomic mass is 10.1. The maximum absolute atomic E-state index is 12.2. The molecule has 1 aromatic rings. The third-order valence-corrected chi connectivity index (χ3v) is 3.95. The van der Waals surface area contributed by atoms with Gasteiger partial charge in [0.25, 0.3) is 11.8 Å². The van der Waals surface area contributed by atoms with E-state index in [4.69, 9.17) is 9.47 Å². The molecule has 3 rings (SSSR count). The number of morpholine rings is 2. The standard InChI is InChI=1S/C16H22N4O4/c21-15(17-19-5-9-23-10-6-19)13-1-2-14(4-3-13)16(22)18-20-7-11-24-12-8-20/h1-4H,5-12H2,(H,17,21)(H,18,22). The number of nitrogens with zero attached hydrogens (tertiary/aromatic N) is 2. The number of hydrogen-bond donors (Lipinski definition) is 2. The van der Waals surface area contributed by atoms with Gasteiger partial charge in [-0.25, -0.2) is 10.0 Å². The van der Waals surface area contributed by atoms with Gasteiger partial charge in [0.2, 0.25) is 0 Å². The Hall–Kier alpha value is -2.00. The summed E-state index contributed by atoms with van der Waals surface area (Å²) < 4.78 is 10.5. The molecule has 1 aromatic carbocycles. The first-order valence-corrected chi connectivity index (χ1v) is 8.10. The first-order chi connectivity index (χ1) is 11.7. The van der Waals surface area contributed by atoms with E-state index in [1.165, 1.54) is 0 Å². The van der Waals surface area contributed by atoms with Crippen molar-refractivity contribution in [3.8, 4) is 0 Å². The van der Waals surface area contributed by atoms with Crippen LogP contribution < -0.4 is 10.9 Å². The SMILES string of the molecule is O=C(NN1CCOCC1)c1ccc(C(=O)NN2CCOCC2)cc1. The van der Waals surface area contributed by atoms with Crippen molar-refractivity contribution in [1.29, 1.82) is 0 Å². The second kappa shape index (κ2) is 8.20. The van der Waals surface area contributed by atoms with Gasteiger partial charge >= 0.3 is 0 Å². The number of amides is 2. The topological polar surface area (TPSA) is 83.1 Å². The van der Waals surface area contributed by atoms with Crippen molar-refractivity contribution in [1.82, 2.24) is 20.9 Å². The molecule has 0 atom stereocenters. The zero-order chi connectivity index (χ0) is 16.8. The highest BCUT2D eigenvalue weighted by atomic mass is 16.5. The second-order valence-corrected chi connectivity index (χ2v) is 5.66. The molecule has 0 aliphatic carbocycles. The van der Waals surface area contributed by atoms with E-state index in [0.717, 1.165) is 0 Å². The molecule has 8 heteroatoms. The van der Waals surface area contributed by atoms with Crippen molar-refractivity contribution in [2.24, 2.45) is 0 Å². The summed E-state index contributed by atoms with van der Waals surface area (Å²) >= 11 is 0. The Balaban J connectivity index is 1.53. The van der Waals surface area contributed by atoms with Gasteiger partial charge in [0, 0.05) is 37.3 Å². The lowest BCUT2D eigenvalue weighted by Crippen LogP contribution is -2.48. The molecule has 2 fully saturated rings. The van der Waals surface area contributed by atoms with Crippen LogP contribution in [0.4, 0.5) is 0 Å². The van der Waals surface area contributed by atoms with Gasteiger partial charge in [-0.1, -0.05) is 0 Å². The van der Waals surface area contributed by atoms with Crippen molar-refractivity contribution in [3.05, 3.63) is 35.4 Å². The highest BCUT2D eigenvalue weighted by molar-refractivity contribution is 5.97. The summed E-state index contributed by atoms with van der Waals surface area (Å²) in [7, 11) is 0. The summed E-state index contributed by atoms with van der Waals surface area (Å²) in [5.74, 6) is -0.367. The minimum Gasteiger partial charge on any atom is -0.379 e. The Kier molecular flexibility index (Phi) is 5.76. The Labute approximate surface area is 140 Å². The molecule has 2 N–H and O–H groups in total. The van der Waals surface area contributed by atoms with Gasteiger partial charge in [0.15, 0.2) is 0 Å². The Morgan fingerprint density at radius 1 is 0.708 bits per heavy atom. The van der Waals surface area contributed by atoms with Gasteiger partial charge < -0.3 is 9.47 Å². The van der Waals surface area contributed by atoms with Crippen LogP contribution in [0.1, 0.15) is 20.7 Å². The largest absolute Gasteiger partial charge is 0.379 e. The first-order valence-electron chi connectivity index (χ1n) is 8.10. The molecule has 2 saturated heterocycles. The van der Waals surface area contributed by atoms with Gasteiger partial charge in [-0.3, -0.25) is 20.4 Å². The van der Waals surface area contributed by atoms with Crippen LogP contribution >= 0.6 is 0 Å². The van der Waals surface area contributed by atoms with E-state index in [9.17, 15) is 9.59 Å². The molecule has 0 unspecified atom stereocenters. The van der Waals surface area contributed by atoms with Crippen molar-refractivity contribution in [2.45, 2.75) is 0 Å². The normalized spacial score (nSPS) is 19.7. The van der Waals surface area contributed by atoms with E-state index in [2.05, 4.69) is 10.9 Å². The average molecular weight is 334 g/mol. The summed E-state index contributed by atoms with van der Waals surface area (Å²) in [6.45, 7) is 5.14. The summed E-state index contributed by atoms with van der Waals surface area (Å²) in [6.07, 6.45) is 0. The molecule has 2 aliphatic heterocycles. The molecule has 2 aliphatic rings. The highest BCUT2D eigenvalue weighted by Gasteiger charge is 2.16. The number of benzene rings is 1. The van der Waals surface area contributed by atoms with Crippen molar-refractivity contribution in [2.75, 3.05) is 52.6 Å². The molecule has 0 saturated carbocycles. The van der Waals surface area contributed by atoms with Crippen molar-refractivity contribution < 1.29 is 19.1 Å². The predicted molar refractivity (Wildman–Crippen MR) is 86.2 cm³/mol. The van der Waals surface area contributed by atoms with E-state index >= 15 is 0 Å². The Morgan fingerprint density at radius 3 is 1.38 bits per heavy atom. The fraction of sp³-hybridized carbons (Fsp3) is 0.500. The van der Waals surface area contributed by atoms with Crippen LogP contribution in [0.15, 0.2) is 24.3 Å². The highest BCUT2D eigenvalue weighted by Crippen LogP contribution is 2.06. The molecule has 0 radical (unpaired) electrons. The molecule has 0 spiro atoms. The number of nitrogens with one attached hydrogen (secondary N) is 2. The van der Waals surface area contributed by atoms with Gasteiger partial charge in [-0.2, -0.15) is 0 Å². The van der Waals surface area contributed by atoms with Crippen LogP contribution in [0.5, 0.6) is 0 Å². The molecular weight excluding hydrogens is 312 g/mol. The lowest BCUT2D eigenvalue weighted by molar-refractivity contribution is 0.0121. The fourth-order valence-corrected chi connectivity index (χ4v) is 2.54. The number of hydrazine groups is 2. The van der Waals surface area contributed by atoms with Gasteiger partial charge in [0.05, 0.1) is 26.4 Å². The third kappa shape index (κ3) is 4.51. The van der Waals surface area contributed by atoms with Crippen molar-refractivity contribution in [3.63, 3.8) is 0 Å². The maximum atomic E-state index is 12.2. The van der Waals surface area contributed by atoms with Crippen LogP contribution in [-0.4, -0.2) is 74.4 Å². The molecule has 0 bridgehead atoms. The van der Waals surface area contributed by atoms with E-state index in [-0.39, 0.29) is 11.8 Å². The summed E-state index contributed by atoms with van der Waals surface area (Å²) in [6, 6.07) is 6.63. The second-order valence-electron chi connectivity index (χ2n) is 5.66. The minimum atomic E-state index is -0.183. The zero-order valence-electron chi connectivity index (χ0n) is 13.5. The summed E-state index contributed by atoms with van der Waals surface area (Å²) in [5, 5.41) is 3.68. The van der Waals surface area contributed by atoms with E-state index in [1.807, 2.05) is 10.0 Å². The van der Waals surface area contributed by atoms with Crippen LogP contribution in [0.3, 0.4) is 0 Å². The summed E-state index contributed by atoms with van der Waals surface area (Å²) in [4.78, 5) is 24.4. The average Bonchev–Trinajstić information content (AvgIpc) is 2.63. The molecule has 130 valence electrons. The van der Waals surface area contributed by atoms with Gasteiger partial charge in [-0.15, -0.1) is 0 Å². The van der Waals surface area contributed by atoms with Crippen molar-refractivity contribution >= 4 is 11.8 Å². The number of carbonyl (C=O) groups is 2. The van der Waals surface area contributed by atoms with E-state index < -0.39 is 0 Å². The first kappa shape index (κ1) is 16.8. The van der Waals surface area contributed by atoms with E-state index in [1.54, 1.807) is 24.3 Å². The minimum absolute atomic E-state index is 0.183. The van der Waals surface area contributed by atoms with Crippen LogP contribution in [-0.2, 0) is 9.47 Å². The van der Waals surface area contributed by atoms with Gasteiger partial charge in [0.1, 0.15) is 0 Å². The maximum Gasteiger partial charge on any atom is 0.265 e. The molecule has 2 heterocycles. The number of carbonyl (C=O) groups excluding carboxylic acids is 2. The predicted octanol–water partition coefficient (Wildman–Crippen LogP) is -0.359. The van der Waals surface area contributed by atoms with Gasteiger partial charge in [-0.05, 0) is 24.3 Å². The number of ether oxygens (including phenoxy) is 2. The number of rotatable bonds is 4. The van der Waals surface area contributed by atoms with Crippen LogP contribution in [0, 0.1) is 0 Å². The molecular formula is C16H22N4O4. The quantitative estimate of drug-likeness (QED) is 0.783. The lowest BCUT2D eigenvalue weighted by Gasteiger charge is -2.27. The van der Waals surface area contributed by atoms with Crippen LogP contribution in [0.2, 0.25) is 0 Å². The number of hydrogen-bond acceptors (Lipinski definition) is 6. The summed E-state index contributed by atoms with van der Waals surface area (Å²) in [5.41, 5.74) is 6.72. The fourth-order valence-electron chi connectivity index (χ4n) is 2.54. The smallest absolute Gasteiger partial charge is 0.265 e.